The molecule has 1 rings (SSSR count). The van der Waals surface area contributed by atoms with Gasteiger partial charge in [-0.2, -0.15) is 0 Å². The molecule has 0 aliphatic carbocycles. The van der Waals surface area contributed by atoms with Gasteiger partial charge in [-0.25, -0.2) is 4.79 Å². The first kappa shape index (κ1) is 15.8. The highest BCUT2D eigenvalue weighted by Gasteiger charge is 2.27. The molecule has 110 valence electrons. The van der Waals surface area contributed by atoms with Gasteiger partial charge >= 0.3 is 6.03 Å². The molecule has 1 fully saturated rings. The van der Waals surface area contributed by atoms with Crippen molar-refractivity contribution >= 4 is 12.0 Å². The predicted octanol–water partition coefficient (Wildman–Crippen LogP) is -0.0302. The van der Waals surface area contributed by atoms with Crippen LogP contribution >= 0.6 is 0 Å². The number of ether oxygens (including phenoxy) is 1. The van der Waals surface area contributed by atoms with Crippen molar-refractivity contribution in [2.45, 2.75) is 52.4 Å². The number of morpholine rings is 1. The molecule has 0 spiro atoms. The summed E-state index contributed by atoms with van der Waals surface area (Å²) < 4.78 is 5.53. The predicted molar refractivity (Wildman–Crippen MR) is 68.4 cm³/mol. The maximum absolute atomic E-state index is 12.1. The molecule has 3 atom stereocenters. The summed E-state index contributed by atoms with van der Waals surface area (Å²) in [6.45, 7) is 8.53. The Morgan fingerprint density at radius 3 is 2.26 bits per heavy atom. The van der Waals surface area contributed by atoms with Crippen molar-refractivity contribution in [3.63, 3.8) is 0 Å². The Labute approximate surface area is 114 Å². The van der Waals surface area contributed by atoms with Crippen molar-refractivity contribution in [2.24, 2.45) is 5.92 Å². The summed E-state index contributed by atoms with van der Waals surface area (Å²) in [5.41, 5.74) is 0. The van der Waals surface area contributed by atoms with E-state index in [1.807, 2.05) is 27.7 Å². The van der Waals surface area contributed by atoms with Gasteiger partial charge in [0.25, 0.3) is 0 Å². The van der Waals surface area contributed by atoms with E-state index >= 15 is 0 Å². The standard InChI is InChI=1S/C13H24N2O4/c1-8(2)5-11(12(16)17)14-13(18)15-6-9(3)19-10(4)7-15/h8-11H,5-7H2,1-4H3,(H,14,18)(H,16,17)/p-1/t9-,10+,11-/m0/s1. The lowest BCUT2D eigenvalue weighted by Crippen LogP contribution is -2.56. The Balaban J connectivity index is 2.58. The average Bonchev–Trinajstić information content (AvgIpc) is 2.25. The van der Waals surface area contributed by atoms with Gasteiger partial charge in [-0.1, -0.05) is 13.8 Å². The van der Waals surface area contributed by atoms with E-state index in [4.69, 9.17) is 4.74 Å². The van der Waals surface area contributed by atoms with Crippen LogP contribution in [0.1, 0.15) is 34.1 Å². The number of rotatable bonds is 4. The van der Waals surface area contributed by atoms with Crippen molar-refractivity contribution in [3.05, 3.63) is 0 Å². The van der Waals surface area contributed by atoms with Gasteiger partial charge in [-0.3, -0.25) is 0 Å². The third-order valence-electron chi connectivity index (χ3n) is 3.00. The first-order valence-corrected chi connectivity index (χ1v) is 6.71. The maximum atomic E-state index is 12.1. The SMILES string of the molecule is CC(C)C[C@H](NC(=O)N1C[C@@H](C)O[C@@H](C)C1)C(=O)[O-]. The molecule has 0 aromatic rings. The quantitative estimate of drug-likeness (QED) is 0.778. The Hall–Kier alpha value is -1.30. The lowest BCUT2D eigenvalue weighted by Gasteiger charge is -2.36. The largest absolute Gasteiger partial charge is 0.548 e. The number of hydrogen-bond donors (Lipinski definition) is 1. The molecule has 1 saturated heterocycles. The van der Waals surface area contributed by atoms with Crippen LogP contribution in [-0.2, 0) is 9.53 Å². The summed E-state index contributed by atoms with van der Waals surface area (Å²) in [4.78, 5) is 24.7. The highest BCUT2D eigenvalue weighted by molar-refractivity contribution is 5.81. The molecule has 0 aromatic heterocycles. The zero-order chi connectivity index (χ0) is 14.6. The number of carboxylic acid groups (broad SMARTS) is 1. The van der Waals surface area contributed by atoms with E-state index in [1.165, 1.54) is 0 Å². The molecule has 2 amide bonds. The number of amides is 2. The summed E-state index contributed by atoms with van der Waals surface area (Å²) >= 11 is 0. The molecule has 0 bridgehead atoms. The van der Waals surface area contributed by atoms with Gasteiger partial charge in [0, 0.05) is 13.1 Å². The van der Waals surface area contributed by atoms with Crippen molar-refractivity contribution < 1.29 is 19.4 Å². The first-order valence-electron chi connectivity index (χ1n) is 6.71. The molecule has 1 N–H and O–H groups in total. The number of urea groups is 1. The van der Waals surface area contributed by atoms with E-state index in [0.29, 0.717) is 19.5 Å². The van der Waals surface area contributed by atoms with Crippen LogP contribution in [0.3, 0.4) is 0 Å². The molecule has 0 radical (unpaired) electrons. The van der Waals surface area contributed by atoms with Crippen molar-refractivity contribution in [3.8, 4) is 0 Å². The number of carbonyl (C=O) groups is 2. The third-order valence-corrected chi connectivity index (χ3v) is 3.00. The number of nitrogens with zero attached hydrogens (tertiary/aromatic N) is 1. The van der Waals surface area contributed by atoms with Crippen molar-refractivity contribution in [1.29, 1.82) is 0 Å². The van der Waals surface area contributed by atoms with E-state index in [0.717, 1.165) is 0 Å². The topological polar surface area (TPSA) is 81.7 Å². The highest BCUT2D eigenvalue weighted by Crippen LogP contribution is 2.11. The van der Waals surface area contributed by atoms with Crippen molar-refractivity contribution in [2.75, 3.05) is 13.1 Å². The second-order valence-corrected chi connectivity index (χ2v) is 5.61. The minimum Gasteiger partial charge on any atom is -0.548 e. The summed E-state index contributed by atoms with van der Waals surface area (Å²) in [7, 11) is 0. The number of hydrogen-bond acceptors (Lipinski definition) is 4. The first-order chi connectivity index (χ1) is 8.79. The molecule has 19 heavy (non-hydrogen) atoms. The van der Waals surface area contributed by atoms with Gasteiger partial charge in [-0.15, -0.1) is 0 Å². The fraction of sp³-hybridized carbons (Fsp3) is 0.846. The van der Waals surface area contributed by atoms with Gasteiger partial charge in [0.05, 0.1) is 24.2 Å². The fourth-order valence-corrected chi connectivity index (χ4v) is 2.27. The van der Waals surface area contributed by atoms with Gasteiger partial charge in [0.2, 0.25) is 0 Å². The van der Waals surface area contributed by atoms with Crippen LogP contribution in [-0.4, -0.2) is 48.2 Å². The summed E-state index contributed by atoms with van der Waals surface area (Å²) in [6, 6.07) is -1.31. The fourth-order valence-electron chi connectivity index (χ4n) is 2.27. The van der Waals surface area contributed by atoms with Crippen LogP contribution in [0.25, 0.3) is 0 Å². The maximum Gasteiger partial charge on any atom is 0.318 e. The number of nitrogens with one attached hydrogen (secondary N) is 1. The zero-order valence-electron chi connectivity index (χ0n) is 12.0. The lowest BCUT2D eigenvalue weighted by molar-refractivity contribution is -0.308. The summed E-state index contributed by atoms with van der Waals surface area (Å²) in [5, 5.41) is 13.5. The van der Waals surface area contributed by atoms with Crippen LogP contribution < -0.4 is 10.4 Å². The van der Waals surface area contributed by atoms with Crippen LogP contribution in [0.5, 0.6) is 0 Å². The second-order valence-electron chi connectivity index (χ2n) is 5.61. The minimum atomic E-state index is -1.24. The monoisotopic (exact) mass is 271 g/mol. The molecule has 1 heterocycles. The lowest BCUT2D eigenvalue weighted by atomic mass is 10.0. The average molecular weight is 271 g/mol. The molecule has 0 aromatic carbocycles. The second kappa shape index (κ2) is 6.75. The molecule has 1 aliphatic heterocycles. The van der Waals surface area contributed by atoms with Crippen molar-refractivity contribution in [1.82, 2.24) is 10.2 Å². The van der Waals surface area contributed by atoms with Gasteiger partial charge in [-0.05, 0) is 26.2 Å². The molecular weight excluding hydrogens is 248 g/mol. The normalized spacial score (nSPS) is 25.2. The van der Waals surface area contributed by atoms with E-state index in [-0.39, 0.29) is 24.2 Å². The third kappa shape index (κ3) is 5.06. The van der Waals surface area contributed by atoms with Crippen LogP contribution in [0.15, 0.2) is 0 Å². The molecule has 0 unspecified atom stereocenters. The van der Waals surface area contributed by atoms with E-state index < -0.39 is 12.0 Å². The van der Waals surface area contributed by atoms with Gasteiger partial charge in [0.1, 0.15) is 0 Å². The number of carbonyl (C=O) groups excluding carboxylic acids is 2. The van der Waals surface area contributed by atoms with E-state index in [9.17, 15) is 14.7 Å². The Morgan fingerprint density at radius 2 is 1.84 bits per heavy atom. The minimum absolute atomic E-state index is 0.0407. The molecule has 0 saturated carbocycles. The Kier molecular flexibility index (Phi) is 5.60. The Bertz CT molecular complexity index is 323. The highest BCUT2D eigenvalue weighted by atomic mass is 16.5. The van der Waals surface area contributed by atoms with E-state index in [2.05, 4.69) is 5.32 Å². The molecule has 1 aliphatic rings. The molecule has 6 nitrogen and oxygen atoms in total. The van der Waals surface area contributed by atoms with Crippen LogP contribution in [0.2, 0.25) is 0 Å². The summed E-state index contributed by atoms with van der Waals surface area (Å²) in [5.74, 6) is -1.07. The molecular formula is C13H23N2O4-. The zero-order valence-corrected chi connectivity index (χ0v) is 12.0. The number of carboxylic acids is 1. The van der Waals surface area contributed by atoms with Gasteiger partial charge in [0.15, 0.2) is 0 Å². The van der Waals surface area contributed by atoms with E-state index in [1.54, 1.807) is 4.90 Å². The van der Waals surface area contributed by atoms with Crippen LogP contribution in [0, 0.1) is 5.92 Å². The smallest absolute Gasteiger partial charge is 0.318 e. The van der Waals surface area contributed by atoms with Crippen LogP contribution in [0.4, 0.5) is 4.79 Å². The van der Waals surface area contributed by atoms with Gasteiger partial charge < -0.3 is 24.9 Å². The summed E-state index contributed by atoms with van der Waals surface area (Å²) in [6.07, 6.45) is 0.283. The molecule has 6 heteroatoms. The Morgan fingerprint density at radius 1 is 1.32 bits per heavy atom. The number of aliphatic carboxylic acids is 1.